The third kappa shape index (κ3) is 3.47. The van der Waals surface area contributed by atoms with Gasteiger partial charge in [0.1, 0.15) is 12.1 Å². The highest BCUT2D eigenvalue weighted by Crippen LogP contribution is 2.31. The molecule has 4 aromatic rings. The second-order valence-corrected chi connectivity index (χ2v) is 6.35. The van der Waals surface area contributed by atoms with Crippen molar-refractivity contribution in [2.75, 3.05) is 18.2 Å². The molecule has 27 heavy (non-hydrogen) atoms. The number of fused-ring (bicyclic) bond motifs is 1. The third-order valence-corrected chi connectivity index (χ3v) is 4.36. The molecule has 0 aliphatic rings. The van der Waals surface area contributed by atoms with Gasteiger partial charge in [-0.3, -0.25) is 0 Å². The number of aromatic nitrogens is 3. The molecule has 2 heterocycles. The van der Waals surface area contributed by atoms with Crippen LogP contribution >= 0.6 is 11.6 Å². The average molecular weight is 378 g/mol. The van der Waals surface area contributed by atoms with E-state index in [0.717, 1.165) is 27.7 Å². The number of nitrogens with zero attached hydrogens (tertiary/aromatic N) is 3. The highest BCUT2D eigenvalue weighted by molar-refractivity contribution is 6.30. The minimum Gasteiger partial charge on any atom is -0.480 e. The predicted molar refractivity (Wildman–Crippen MR) is 108 cm³/mol. The first-order valence-corrected chi connectivity index (χ1v) is 8.59. The molecule has 0 bridgehead atoms. The predicted octanol–water partition coefficient (Wildman–Crippen LogP) is 4.68. The zero-order valence-electron chi connectivity index (χ0n) is 14.5. The molecule has 0 fully saturated rings. The lowest BCUT2D eigenvalue weighted by molar-refractivity contribution is 0.400. The standard InChI is InChI=1S/C20H16ClN5O/c1-27-20-17(22)8-13(10-23-20)12-5-6-18-16(7-12)19(25-11-24-18)26-15-4-2-3-14(21)9-15/h2-11H,22H2,1H3,(H,24,25,26). The molecule has 7 heteroatoms. The largest absolute Gasteiger partial charge is 0.480 e. The number of benzene rings is 2. The van der Waals surface area contributed by atoms with Crippen molar-refractivity contribution in [3.63, 3.8) is 0 Å². The van der Waals surface area contributed by atoms with Gasteiger partial charge in [0, 0.05) is 27.9 Å². The van der Waals surface area contributed by atoms with E-state index in [1.807, 2.05) is 48.5 Å². The quantitative estimate of drug-likeness (QED) is 0.537. The van der Waals surface area contributed by atoms with Crippen LogP contribution in [-0.4, -0.2) is 22.1 Å². The number of hydrogen-bond acceptors (Lipinski definition) is 6. The molecule has 6 nitrogen and oxygen atoms in total. The lowest BCUT2D eigenvalue weighted by Gasteiger charge is -2.11. The highest BCUT2D eigenvalue weighted by Gasteiger charge is 2.09. The maximum absolute atomic E-state index is 6.07. The Morgan fingerprint density at radius 3 is 2.67 bits per heavy atom. The molecule has 4 rings (SSSR count). The van der Waals surface area contributed by atoms with Gasteiger partial charge in [0.05, 0.1) is 18.3 Å². The molecule has 0 unspecified atom stereocenters. The van der Waals surface area contributed by atoms with E-state index < -0.39 is 0 Å². The van der Waals surface area contributed by atoms with Crippen LogP contribution < -0.4 is 15.8 Å². The Labute approximate surface area is 161 Å². The molecule has 0 atom stereocenters. The first-order chi connectivity index (χ1) is 13.1. The van der Waals surface area contributed by atoms with Crippen molar-refractivity contribution in [1.82, 2.24) is 15.0 Å². The van der Waals surface area contributed by atoms with Crippen LogP contribution in [0.2, 0.25) is 5.02 Å². The molecule has 2 aromatic carbocycles. The van der Waals surface area contributed by atoms with Crippen molar-refractivity contribution < 1.29 is 4.74 Å². The molecule has 0 saturated heterocycles. The van der Waals surface area contributed by atoms with E-state index >= 15 is 0 Å². The van der Waals surface area contributed by atoms with E-state index in [1.54, 1.807) is 13.3 Å². The summed E-state index contributed by atoms with van der Waals surface area (Å²) in [7, 11) is 1.54. The fraction of sp³-hybridized carbons (Fsp3) is 0.0500. The summed E-state index contributed by atoms with van der Waals surface area (Å²) in [5.74, 6) is 1.10. The summed E-state index contributed by atoms with van der Waals surface area (Å²) in [6.45, 7) is 0. The van der Waals surface area contributed by atoms with Gasteiger partial charge >= 0.3 is 0 Å². The number of anilines is 3. The molecule has 0 aliphatic carbocycles. The number of pyridine rings is 1. The van der Waals surface area contributed by atoms with Crippen LogP contribution in [0.4, 0.5) is 17.2 Å². The Kier molecular flexibility index (Phi) is 4.48. The number of halogens is 1. The summed E-state index contributed by atoms with van der Waals surface area (Å²) < 4.78 is 5.12. The average Bonchev–Trinajstić information content (AvgIpc) is 2.68. The molecule has 0 amide bonds. The molecule has 2 aromatic heterocycles. The number of ether oxygens (including phenoxy) is 1. The second-order valence-electron chi connectivity index (χ2n) is 5.91. The van der Waals surface area contributed by atoms with Crippen molar-refractivity contribution in [3.8, 4) is 17.0 Å². The fourth-order valence-electron chi connectivity index (χ4n) is 2.84. The topological polar surface area (TPSA) is 86.0 Å². The van der Waals surface area contributed by atoms with Crippen LogP contribution in [0.25, 0.3) is 22.0 Å². The number of nitrogen functional groups attached to an aromatic ring is 1. The van der Waals surface area contributed by atoms with Crippen LogP contribution in [0.15, 0.2) is 61.1 Å². The van der Waals surface area contributed by atoms with Crippen LogP contribution in [0.3, 0.4) is 0 Å². The summed E-state index contributed by atoms with van der Waals surface area (Å²) in [4.78, 5) is 13.0. The van der Waals surface area contributed by atoms with Gasteiger partial charge in [-0.25, -0.2) is 15.0 Å². The van der Waals surface area contributed by atoms with Crippen molar-refractivity contribution in [3.05, 3.63) is 66.1 Å². The zero-order valence-corrected chi connectivity index (χ0v) is 15.2. The highest BCUT2D eigenvalue weighted by atomic mass is 35.5. The van der Waals surface area contributed by atoms with Crippen LogP contribution in [0, 0.1) is 0 Å². The van der Waals surface area contributed by atoms with Crippen molar-refractivity contribution in [2.45, 2.75) is 0 Å². The van der Waals surface area contributed by atoms with Crippen molar-refractivity contribution in [2.24, 2.45) is 0 Å². The Morgan fingerprint density at radius 2 is 1.89 bits per heavy atom. The number of methoxy groups -OCH3 is 1. The number of rotatable bonds is 4. The maximum atomic E-state index is 6.07. The molecule has 0 saturated carbocycles. The molecule has 3 N–H and O–H groups in total. The van der Waals surface area contributed by atoms with Crippen molar-refractivity contribution in [1.29, 1.82) is 0 Å². The van der Waals surface area contributed by atoms with E-state index in [2.05, 4.69) is 20.3 Å². The van der Waals surface area contributed by atoms with Gasteiger partial charge in [-0.15, -0.1) is 0 Å². The Bertz CT molecular complexity index is 1130. The first kappa shape index (κ1) is 17.1. The monoisotopic (exact) mass is 377 g/mol. The lowest BCUT2D eigenvalue weighted by atomic mass is 10.0. The van der Waals surface area contributed by atoms with Gasteiger partial charge < -0.3 is 15.8 Å². The Balaban J connectivity index is 1.78. The van der Waals surface area contributed by atoms with Crippen LogP contribution in [0.5, 0.6) is 5.88 Å². The van der Waals surface area contributed by atoms with E-state index in [9.17, 15) is 0 Å². The smallest absolute Gasteiger partial charge is 0.236 e. The van der Waals surface area contributed by atoms with Gasteiger partial charge in [0.15, 0.2) is 0 Å². The lowest BCUT2D eigenvalue weighted by Crippen LogP contribution is -1.97. The first-order valence-electron chi connectivity index (χ1n) is 8.21. The summed E-state index contributed by atoms with van der Waals surface area (Å²) in [5, 5.41) is 4.83. The summed E-state index contributed by atoms with van der Waals surface area (Å²) in [5.41, 5.74) is 9.99. The maximum Gasteiger partial charge on any atom is 0.236 e. The molecule has 0 aliphatic heterocycles. The Morgan fingerprint density at radius 1 is 1.00 bits per heavy atom. The zero-order chi connectivity index (χ0) is 18.8. The molecular weight excluding hydrogens is 362 g/mol. The molecule has 0 spiro atoms. The summed E-state index contributed by atoms with van der Waals surface area (Å²) in [6, 6.07) is 15.2. The van der Waals surface area contributed by atoms with Gasteiger partial charge in [0.2, 0.25) is 5.88 Å². The van der Waals surface area contributed by atoms with Crippen molar-refractivity contribution >= 4 is 39.7 Å². The minimum atomic E-state index is 0.409. The number of nitrogens with two attached hydrogens (primary N) is 1. The Hall–Kier alpha value is -3.38. The minimum absolute atomic E-state index is 0.409. The van der Waals surface area contributed by atoms with Gasteiger partial charge in [-0.2, -0.15) is 0 Å². The van der Waals surface area contributed by atoms with E-state index in [-0.39, 0.29) is 0 Å². The normalized spacial score (nSPS) is 10.7. The van der Waals surface area contributed by atoms with Crippen LogP contribution in [-0.2, 0) is 0 Å². The van der Waals surface area contributed by atoms with E-state index in [4.69, 9.17) is 22.1 Å². The third-order valence-electron chi connectivity index (χ3n) is 4.13. The molecule has 134 valence electrons. The summed E-state index contributed by atoms with van der Waals surface area (Å²) >= 11 is 6.07. The molecular formula is C20H16ClN5O. The summed E-state index contributed by atoms with van der Waals surface area (Å²) in [6.07, 6.45) is 3.26. The molecule has 0 radical (unpaired) electrons. The van der Waals surface area contributed by atoms with E-state index in [0.29, 0.717) is 22.4 Å². The number of nitrogens with one attached hydrogen (secondary N) is 1. The van der Waals surface area contributed by atoms with Gasteiger partial charge in [-0.1, -0.05) is 23.7 Å². The number of hydrogen-bond donors (Lipinski definition) is 2. The second kappa shape index (κ2) is 7.09. The SMILES string of the molecule is COc1ncc(-c2ccc3ncnc(Nc4cccc(Cl)c4)c3c2)cc1N. The van der Waals surface area contributed by atoms with Gasteiger partial charge in [-0.05, 0) is 42.0 Å². The van der Waals surface area contributed by atoms with E-state index in [1.165, 1.54) is 6.33 Å². The van der Waals surface area contributed by atoms with Crippen LogP contribution in [0.1, 0.15) is 0 Å². The fourth-order valence-corrected chi connectivity index (χ4v) is 3.03. The van der Waals surface area contributed by atoms with Gasteiger partial charge in [0.25, 0.3) is 0 Å².